The van der Waals surface area contributed by atoms with Gasteiger partial charge in [0.15, 0.2) is 11.6 Å². The third-order valence-corrected chi connectivity index (χ3v) is 2.31. The van der Waals surface area contributed by atoms with Gasteiger partial charge in [-0.1, -0.05) is 5.16 Å². The van der Waals surface area contributed by atoms with Gasteiger partial charge in [0.25, 0.3) is 0 Å². The highest BCUT2D eigenvalue weighted by atomic mass is 16.5. The molecule has 96 valence electrons. The van der Waals surface area contributed by atoms with Crippen molar-refractivity contribution in [2.24, 2.45) is 0 Å². The first-order valence-electron chi connectivity index (χ1n) is 5.52. The lowest BCUT2D eigenvalue weighted by Crippen LogP contribution is -2.09. The number of methoxy groups -OCH3 is 1. The first-order chi connectivity index (χ1) is 8.69. The number of nitrogens with two attached hydrogens (primary N) is 1. The molecule has 0 radical (unpaired) electrons. The maximum absolute atomic E-state index is 5.80. The first kappa shape index (κ1) is 12.2. The fourth-order valence-corrected chi connectivity index (χ4v) is 1.44. The van der Waals surface area contributed by atoms with Gasteiger partial charge in [0, 0.05) is 19.0 Å². The van der Waals surface area contributed by atoms with Crippen LogP contribution in [-0.2, 0) is 6.42 Å². The second kappa shape index (κ2) is 5.35. The molecule has 0 saturated heterocycles. The van der Waals surface area contributed by atoms with Gasteiger partial charge in [0.2, 0.25) is 11.8 Å². The maximum atomic E-state index is 5.80. The molecule has 0 amide bonds. The summed E-state index contributed by atoms with van der Waals surface area (Å²) in [4.78, 5) is 8.31. The van der Waals surface area contributed by atoms with E-state index in [1.54, 1.807) is 26.2 Å². The molecular formula is C11H15N5O2. The van der Waals surface area contributed by atoms with E-state index in [0.29, 0.717) is 42.1 Å². The molecule has 0 unspecified atom stereocenters. The molecule has 2 heterocycles. The molecule has 2 aromatic rings. The molecule has 7 nitrogen and oxygen atoms in total. The predicted molar refractivity (Wildman–Crippen MR) is 66.4 cm³/mol. The molecule has 2 rings (SSSR count). The van der Waals surface area contributed by atoms with Gasteiger partial charge in [-0.2, -0.15) is 9.97 Å². The quantitative estimate of drug-likeness (QED) is 0.816. The number of aromatic nitrogens is 3. The van der Waals surface area contributed by atoms with Gasteiger partial charge in [-0.3, -0.25) is 0 Å². The van der Waals surface area contributed by atoms with Gasteiger partial charge >= 0.3 is 0 Å². The molecular weight excluding hydrogens is 234 g/mol. The number of nitrogens with zero attached hydrogens (tertiary/aromatic N) is 3. The van der Waals surface area contributed by atoms with Crippen LogP contribution in [0.1, 0.15) is 11.7 Å². The number of pyridine rings is 1. The molecule has 0 fully saturated rings. The number of ether oxygens (including phenoxy) is 1. The van der Waals surface area contributed by atoms with Crippen LogP contribution in [0, 0.1) is 6.92 Å². The fourth-order valence-electron chi connectivity index (χ4n) is 1.44. The summed E-state index contributed by atoms with van der Waals surface area (Å²) in [6.07, 6.45) is 0.610. The van der Waals surface area contributed by atoms with Crippen LogP contribution in [-0.4, -0.2) is 28.8 Å². The highest BCUT2D eigenvalue weighted by Gasteiger charge is 2.05. The Morgan fingerprint density at radius 2 is 2.22 bits per heavy atom. The van der Waals surface area contributed by atoms with Gasteiger partial charge < -0.3 is 20.3 Å². The molecule has 0 bridgehead atoms. The third kappa shape index (κ3) is 2.88. The van der Waals surface area contributed by atoms with Crippen molar-refractivity contribution in [3.05, 3.63) is 23.8 Å². The van der Waals surface area contributed by atoms with Crippen molar-refractivity contribution in [1.29, 1.82) is 0 Å². The summed E-state index contributed by atoms with van der Waals surface area (Å²) >= 11 is 0. The SMILES string of the molecule is COc1ccc(N)c(NCCc2nc(C)no2)n1. The van der Waals surface area contributed by atoms with E-state index in [2.05, 4.69) is 20.4 Å². The van der Waals surface area contributed by atoms with E-state index < -0.39 is 0 Å². The number of rotatable bonds is 5. The van der Waals surface area contributed by atoms with Crippen LogP contribution in [0.15, 0.2) is 16.7 Å². The number of aryl methyl sites for hydroxylation is 1. The van der Waals surface area contributed by atoms with Gasteiger partial charge in [-0.05, 0) is 13.0 Å². The third-order valence-electron chi connectivity index (χ3n) is 2.31. The van der Waals surface area contributed by atoms with E-state index >= 15 is 0 Å². The molecule has 7 heteroatoms. The standard InChI is InChI=1S/C11H15N5O2/c1-7-14-10(18-16-7)5-6-13-11-8(12)3-4-9(15-11)17-2/h3-4H,5-6,12H2,1-2H3,(H,13,15). The fraction of sp³-hybridized carbons (Fsp3) is 0.364. The molecule has 0 aromatic carbocycles. The average molecular weight is 249 g/mol. The van der Waals surface area contributed by atoms with Crippen LogP contribution in [0.4, 0.5) is 11.5 Å². The molecule has 0 aliphatic heterocycles. The molecule has 2 aromatic heterocycles. The lowest BCUT2D eigenvalue weighted by molar-refractivity contribution is 0.377. The largest absolute Gasteiger partial charge is 0.481 e. The maximum Gasteiger partial charge on any atom is 0.228 e. The van der Waals surface area contributed by atoms with Crippen LogP contribution in [0.3, 0.4) is 0 Å². The Balaban J connectivity index is 1.93. The number of anilines is 2. The molecule has 0 aliphatic carbocycles. The van der Waals surface area contributed by atoms with Crippen LogP contribution < -0.4 is 15.8 Å². The Bertz CT molecular complexity index is 526. The minimum absolute atomic E-state index is 0.514. The Morgan fingerprint density at radius 3 is 2.89 bits per heavy atom. The normalized spacial score (nSPS) is 10.3. The molecule has 18 heavy (non-hydrogen) atoms. The monoisotopic (exact) mass is 249 g/mol. The Kier molecular flexibility index (Phi) is 3.61. The Labute approximate surface area is 104 Å². The van der Waals surface area contributed by atoms with E-state index in [-0.39, 0.29) is 0 Å². The van der Waals surface area contributed by atoms with E-state index in [1.165, 1.54) is 0 Å². The van der Waals surface area contributed by atoms with Crippen molar-refractivity contribution in [3.8, 4) is 5.88 Å². The number of nitrogen functional groups attached to an aromatic ring is 1. The lowest BCUT2D eigenvalue weighted by Gasteiger charge is -2.08. The van der Waals surface area contributed by atoms with Gasteiger partial charge in [-0.15, -0.1) is 0 Å². The van der Waals surface area contributed by atoms with E-state index in [9.17, 15) is 0 Å². The summed E-state index contributed by atoms with van der Waals surface area (Å²) in [5, 5.41) is 6.81. The van der Waals surface area contributed by atoms with Crippen molar-refractivity contribution in [3.63, 3.8) is 0 Å². The smallest absolute Gasteiger partial charge is 0.228 e. The predicted octanol–water partition coefficient (Wildman–Crippen LogP) is 1.02. The molecule has 0 spiro atoms. The van der Waals surface area contributed by atoms with E-state index in [4.69, 9.17) is 15.0 Å². The van der Waals surface area contributed by atoms with Crippen molar-refractivity contribution < 1.29 is 9.26 Å². The second-order valence-corrected chi connectivity index (χ2v) is 3.70. The molecule has 0 aliphatic rings. The van der Waals surface area contributed by atoms with Crippen molar-refractivity contribution >= 4 is 11.5 Å². The van der Waals surface area contributed by atoms with Crippen LogP contribution in [0.25, 0.3) is 0 Å². The van der Waals surface area contributed by atoms with Crippen molar-refractivity contribution in [1.82, 2.24) is 15.1 Å². The number of hydrogen-bond acceptors (Lipinski definition) is 7. The van der Waals surface area contributed by atoms with Crippen LogP contribution >= 0.6 is 0 Å². The molecule has 0 saturated carbocycles. The van der Waals surface area contributed by atoms with Gasteiger partial charge in [-0.25, -0.2) is 0 Å². The van der Waals surface area contributed by atoms with Gasteiger partial charge in [0.1, 0.15) is 0 Å². The summed E-state index contributed by atoms with van der Waals surface area (Å²) < 4.78 is 10.0. The summed E-state index contributed by atoms with van der Waals surface area (Å²) in [6, 6.07) is 3.45. The average Bonchev–Trinajstić information content (AvgIpc) is 2.77. The summed E-state index contributed by atoms with van der Waals surface area (Å²) in [7, 11) is 1.56. The topological polar surface area (TPSA) is 99.1 Å². The van der Waals surface area contributed by atoms with Crippen LogP contribution in [0.2, 0.25) is 0 Å². The van der Waals surface area contributed by atoms with Crippen molar-refractivity contribution in [2.75, 3.05) is 24.7 Å². The zero-order chi connectivity index (χ0) is 13.0. The Morgan fingerprint density at radius 1 is 1.39 bits per heavy atom. The summed E-state index contributed by atoms with van der Waals surface area (Å²) in [5.74, 6) is 2.32. The van der Waals surface area contributed by atoms with Crippen LogP contribution in [0.5, 0.6) is 5.88 Å². The zero-order valence-corrected chi connectivity index (χ0v) is 10.3. The lowest BCUT2D eigenvalue weighted by atomic mass is 10.3. The van der Waals surface area contributed by atoms with E-state index in [0.717, 1.165) is 0 Å². The molecule has 3 N–H and O–H groups in total. The highest BCUT2D eigenvalue weighted by Crippen LogP contribution is 2.19. The number of nitrogens with one attached hydrogen (secondary N) is 1. The number of hydrogen-bond donors (Lipinski definition) is 2. The molecule has 0 atom stereocenters. The van der Waals surface area contributed by atoms with Gasteiger partial charge in [0.05, 0.1) is 12.8 Å². The summed E-state index contributed by atoms with van der Waals surface area (Å²) in [6.45, 7) is 2.38. The summed E-state index contributed by atoms with van der Waals surface area (Å²) in [5.41, 5.74) is 6.36. The van der Waals surface area contributed by atoms with Crippen molar-refractivity contribution in [2.45, 2.75) is 13.3 Å². The minimum Gasteiger partial charge on any atom is -0.481 e. The zero-order valence-electron chi connectivity index (χ0n) is 10.3. The Hall–Kier alpha value is -2.31. The minimum atomic E-state index is 0.514. The van der Waals surface area contributed by atoms with E-state index in [1.807, 2.05) is 0 Å². The highest BCUT2D eigenvalue weighted by molar-refractivity contribution is 5.61. The first-order valence-corrected chi connectivity index (χ1v) is 5.52. The second-order valence-electron chi connectivity index (χ2n) is 3.70.